The number of nitrogens with one attached hydrogen (secondary N) is 1. The van der Waals surface area contributed by atoms with E-state index in [1.165, 1.54) is 58.3 Å². The number of piperidine rings is 1. The molecule has 0 aliphatic carbocycles. The lowest BCUT2D eigenvalue weighted by atomic mass is 9.91. The Kier molecular flexibility index (Phi) is 7.06. The Bertz CT molecular complexity index is 170. The fraction of sp³-hybridized carbons (Fsp3) is 1.00. The minimum Gasteiger partial charge on any atom is -0.314 e. The molecule has 0 radical (unpaired) electrons. The van der Waals surface area contributed by atoms with Crippen LogP contribution in [0.2, 0.25) is 0 Å². The second kappa shape index (κ2) is 8.08. The van der Waals surface area contributed by atoms with Crippen molar-refractivity contribution in [2.75, 3.05) is 26.2 Å². The summed E-state index contributed by atoms with van der Waals surface area (Å²) >= 11 is 0. The first kappa shape index (κ1) is 14.0. The number of hydrogen-bond donors (Lipinski definition) is 1. The van der Waals surface area contributed by atoms with Gasteiger partial charge in [-0.15, -0.1) is 0 Å². The zero-order valence-corrected chi connectivity index (χ0v) is 11.5. The highest BCUT2D eigenvalue weighted by Crippen LogP contribution is 2.19. The van der Waals surface area contributed by atoms with Gasteiger partial charge in [0.15, 0.2) is 0 Å². The largest absolute Gasteiger partial charge is 0.314 e. The van der Waals surface area contributed by atoms with E-state index in [9.17, 15) is 0 Å². The Balaban J connectivity index is 2.16. The predicted octanol–water partition coefficient (Wildman–Crippen LogP) is 2.89. The Morgan fingerprint density at radius 3 is 2.81 bits per heavy atom. The molecule has 0 aromatic carbocycles. The monoisotopic (exact) mass is 226 g/mol. The van der Waals surface area contributed by atoms with Crippen molar-refractivity contribution in [1.82, 2.24) is 10.2 Å². The third-order valence-electron chi connectivity index (χ3n) is 3.94. The van der Waals surface area contributed by atoms with Crippen molar-refractivity contribution < 1.29 is 0 Å². The zero-order chi connectivity index (χ0) is 11.8. The van der Waals surface area contributed by atoms with E-state index in [1.807, 2.05) is 0 Å². The van der Waals surface area contributed by atoms with Crippen molar-refractivity contribution in [3.05, 3.63) is 0 Å². The van der Waals surface area contributed by atoms with Crippen LogP contribution >= 0.6 is 0 Å². The molecule has 2 unspecified atom stereocenters. The first-order valence-corrected chi connectivity index (χ1v) is 7.23. The normalized spacial score (nSPS) is 24.6. The maximum absolute atomic E-state index is 3.71. The Labute approximate surface area is 102 Å². The van der Waals surface area contributed by atoms with Crippen LogP contribution in [0.25, 0.3) is 0 Å². The summed E-state index contributed by atoms with van der Waals surface area (Å²) in [6.07, 6.45) is 6.83. The smallest absolute Gasteiger partial charge is 0.00792 e. The van der Waals surface area contributed by atoms with E-state index in [2.05, 4.69) is 31.0 Å². The number of unbranched alkanes of at least 4 members (excludes halogenated alkanes) is 2. The van der Waals surface area contributed by atoms with Gasteiger partial charge in [0.25, 0.3) is 0 Å². The van der Waals surface area contributed by atoms with Crippen LogP contribution in [0, 0.1) is 5.92 Å². The van der Waals surface area contributed by atoms with Gasteiger partial charge in [0.05, 0.1) is 0 Å². The van der Waals surface area contributed by atoms with Gasteiger partial charge in [-0.25, -0.2) is 0 Å². The highest BCUT2D eigenvalue weighted by atomic mass is 15.1. The summed E-state index contributed by atoms with van der Waals surface area (Å²) in [6.45, 7) is 12.0. The number of hydrogen-bond acceptors (Lipinski definition) is 2. The molecule has 1 heterocycles. The maximum atomic E-state index is 3.71. The summed E-state index contributed by atoms with van der Waals surface area (Å²) in [5.41, 5.74) is 0. The maximum Gasteiger partial charge on any atom is 0.00792 e. The average Bonchev–Trinajstić information content (AvgIpc) is 2.34. The lowest BCUT2D eigenvalue weighted by Crippen LogP contribution is -2.44. The highest BCUT2D eigenvalue weighted by molar-refractivity contribution is 4.79. The van der Waals surface area contributed by atoms with Crippen molar-refractivity contribution >= 4 is 0 Å². The number of likely N-dealkylation sites (tertiary alicyclic amines) is 1. The first-order valence-electron chi connectivity index (χ1n) is 7.23. The van der Waals surface area contributed by atoms with E-state index in [0.717, 1.165) is 5.92 Å². The molecule has 1 rings (SSSR count). The van der Waals surface area contributed by atoms with E-state index < -0.39 is 0 Å². The Morgan fingerprint density at radius 1 is 1.31 bits per heavy atom. The van der Waals surface area contributed by atoms with Crippen molar-refractivity contribution in [3.63, 3.8) is 0 Å². The summed E-state index contributed by atoms with van der Waals surface area (Å²) in [5, 5.41) is 3.71. The summed E-state index contributed by atoms with van der Waals surface area (Å²) in [5.74, 6) is 0.871. The van der Waals surface area contributed by atoms with Crippen LogP contribution in [0.15, 0.2) is 0 Å². The standard InChI is InChI=1S/C14H30N2/c1-4-6-7-10-15-13(3)14-9-8-11-16(5-2)12-14/h13-15H,4-12H2,1-3H3. The SMILES string of the molecule is CCCCCNC(C)C1CCCN(CC)C1. The molecule has 1 aliphatic rings. The summed E-state index contributed by atoms with van der Waals surface area (Å²) in [4.78, 5) is 2.60. The molecule has 1 aliphatic heterocycles. The van der Waals surface area contributed by atoms with Crippen LogP contribution in [0.3, 0.4) is 0 Å². The molecule has 2 nitrogen and oxygen atoms in total. The molecule has 0 spiro atoms. The van der Waals surface area contributed by atoms with Gasteiger partial charge in [-0.3, -0.25) is 0 Å². The lowest BCUT2D eigenvalue weighted by Gasteiger charge is -2.35. The molecular weight excluding hydrogens is 196 g/mol. The highest BCUT2D eigenvalue weighted by Gasteiger charge is 2.23. The molecule has 1 saturated heterocycles. The van der Waals surface area contributed by atoms with E-state index in [1.54, 1.807) is 0 Å². The predicted molar refractivity (Wildman–Crippen MR) is 71.8 cm³/mol. The molecule has 0 saturated carbocycles. The van der Waals surface area contributed by atoms with Gasteiger partial charge in [-0.05, 0) is 51.7 Å². The van der Waals surface area contributed by atoms with E-state index in [0.29, 0.717) is 6.04 Å². The van der Waals surface area contributed by atoms with E-state index in [4.69, 9.17) is 0 Å². The minimum atomic E-state index is 0.700. The molecule has 1 N–H and O–H groups in total. The summed E-state index contributed by atoms with van der Waals surface area (Å²) < 4.78 is 0. The van der Waals surface area contributed by atoms with Gasteiger partial charge in [-0.2, -0.15) is 0 Å². The summed E-state index contributed by atoms with van der Waals surface area (Å²) in [7, 11) is 0. The van der Waals surface area contributed by atoms with Crippen molar-refractivity contribution in [3.8, 4) is 0 Å². The Hall–Kier alpha value is -0.0800. The second-order valence-corrected chi connectivity index (χ2v) is 5.25. The van der Waals surface area contributed by atoms with Gasteiger partial charge >= 0.3 is 0 Å². The van der Waals surface area contributed by atoms with Crippen molar-refractivity contribution in [1.29, 1.82) is 0 Å². The average molecular weight is 226 g/mol. The second-order valence-electron chi connectivity index (χ2n) is 5.25. The van der Waals surface area contributed by atoms with E-state index >= 15 is 0 Å². The van der Waals surface area contributed by atoms with Crippen LogP contribution in [0.1, 0.15) is 52.9 Å². The first-order chi connectivity index (χ1) is 7.77. The lowest BCUT2D eigenvalue weighted by molar-refractivity contribution is 0.157. The quantitative estimate of drug-likeness (QED) is 0.672. The molecule has 0 bridgehead atoms. The zero-order valence-electron chi connectivity index (χ0n) is 11.5. The third kappa shape index (κ3) is 4.84. The topological polar surface area (TPSA) is 15.3 Å². The van der Waals surface area contributed by atoms with Gasteiger partial charge < -0.3 is 10.2 Å². The van der Waals surface area contributed by atoms with Crippen LogP contribution in [0.4, 0.5) is 0 Å². The van der Waals surface area contributed by atoms with Gasteiger partial charge in [0.1, 0.15) is 0 Å². The fourth-order valence-corrected chi connectivity index (χ4v) is 2.66. The molecule has 96 valence electrons. The molecule has 1 fully saturated rings. The molecular formula is C14H30N2. The van der Waals surface area contributed by atoms with E-state index in [-0.39, 0.29) is 0 Å². The minimum absolute atomic E-state index is 0.700. The molecule has 0 aromatic heterocycles. The number of nitrogens with zero attached hydrogens (tertiary/aromatic N) is 1. The van der Waals surface area contributed by atoms with Gasteiger partial charge in [0, 0.05) is 12.6 Å². The Morgan fingerprint density at radius 2 is 2.12 bits per heavy atom. The molecule has 2 heteroatoms. The fourth-order valence-electron chi connectivity index (χ4n) is 2.66. The molecule has 2 atom stereocenters. The molecule has 0 amide bonds. The van der Waals surface area contributed by atoms with Crippen LogP contribution in [-0.4, -0.2) is 37.1 Å². The molecule has 16 heavy (non-hydrogen) atoms. The summed E-state index contributed by atoms with van der Waals surface area (Å²) in [6, 6.07) is 0.700. The van der Waals surface area contributed by atoms with Crippen LogP contribution < -0.4 is 5.32 Å². The third-order valence-corrected chi connectivity index (χ3v) is 3.94. The van der Waals surface area contributed by atoms with Gasteiger partial charge in [0.2, 0.25) is 0 Å². The molecule has 0 aromatic rings. The van der Waals surface area contributed by atoms with Crippen molar-refractivity contribution in [2.24, 2.45) is 5.92 Å². The van der Waals surface area contributed by atoms with Crippen molar-refractivity contribution in [2.45, 2.75) is 58.9 Å². The number of rotatable bonds is 7. The van der Waals surface area contributed by atoms with Crippen LogP contribution in [0.5, 0.6) is 0 Å². The van der Waals surface area contributed by atoms with Crippen LogP contribution in [-0.2, 0) is 0 Å². The van der Waals surface area contributed by atoms with Gasteiger partial charge in [-0.1, -0.05) is 26.7 Å².